The summed E-state index contributed by atoms with van der Waals surface area (Å²) < 4.78 is 13.4. The van der Waals surface area contributed by atoms with Gasteiger partial charge in [0.1, 0.15) is 5.82 Å². The highest BCUT2D eigenvalue weighted by molar-refractivity contribution is 5.76. The molecule has 0 aromatic heterocycles. The molecule has 4 heteroatoms. The van der Waals surface area contributed by atoms with Crippen LogP contribution < -0.4 is 10.6 Å². The molecule has 1 heterocycles. The van der Waals surface area contributed by atoms with Gasteiger partial charge in [-0.1, -0.05) is 26.0 Å². The number of hydrogen-bond acceptors (Lipinski definition) is 2. The molecule has 1 aromatic rings. The van der Waals surface area contributed by atoms with Gasteiger partial charge in [-0.25, -0.2) is 4.39 Å². The van der Waals surface area contributed by atoms with Crippen molar-refractivity contribution in [2.24, 2.45) is 5.92 Å². The lowest BCUT2D eigenvalue weighted by atomic mass is 9.86. The third-order valence-corrected chi connectivity index (χ3v) is 3.70. The molecule has 1 amide bonds. The Kier molecular flexibility index (Phi) is 5.12. The predicted octanol–water partition coefficient (Wildman–Crippen LogP) is 2.43. The number of nitrogens with one attached hydrogen (secondary N) is 2. The minimum Gasteiger partial charge on any atom is -0.351 e. The van der Waals surface area contributed by atoms with Crippen molar-refractivity contribution < 1.29 is 9.18 Å². The zero-order valence-corrected chi connectivity index (χ0v) is 12.2. The minimum atomic E-state index is -0.215. The van der Waals surface area contributed by atoms with Gasteiger partial charge >= 0.3 is 0 Å². The zero-order valence-electron chi connectivity index (χ0n) is 12.2. The number of amides is 1. The summed E-state index contributed by atoms with van der Waals surface area (Å²) >= 11 is 0. The molecule has 0 radical (unpaired) electrons. The molecule has 2 unspecified atom stereocenters. The molecule has 2 N–H and O–H groups in total. The number of benzene rings is 1. The Labute approximate surface area is 120 Å². The Morgan fingerprint density at radius 1 is 1.50 bits per heavy atom. The Morgan fingerprint density at radius 2 is 2.30 bits per heavy atom. The Bertz CT molecular complexity index is 462. The molecule has 0 bridgehead atoms. The molecule has 110 valence electrons. The summed E-state index contributed by atoms with van der Waals surface area (Å²) in [6.07, 6.45) is 1.45. The molecular formula is C16H23FN2O. The lowest BCUT2D eigenvalue weighted by Gasteiger charge is -2.33. The molecule has 2 atom stereocenters. The predicted molar refractivity (Wildman–Crippen MR) is 78.0 cm³/mol. The summed E-state index contributed by atoms with van der Waals surface area (Å²) in [4.78, 5) is 12.0. The maximum atomic E-state index is 13.4. The number of carbonyl (C=O) groups excluding carboxylic acids is 1. The van der Waals surface area contributed by atoms with Crippen molar-refractivity contribution in [3.8, 4) is 0 Å². The maximum absolute atomic E-state index is 13.4. The van der Waals surface area contributed by atoms with E-state index in [2.05, 4.69) is 10.6 Å². The van der Waals surface area contributed by atoms with Crippen LogP contribution in [0.1, 0.15) is 38.2 Å². The van der Waals surface area contributed by atoms with Crippen molar-refractivity contribution in [3.05, 3.63) is 35.6 Å². The average Bonchev–Trinajstić information content (AvgIpc) is 2.38. The van der Waals surface area contributed by atoms with E-state index in [9.17, 15) is 9.18 Å². The molecule has 20 heavy (non-hydrogen) atoms. The van der Waals surface area contributed by atoms with Crippen LogP contribution in [0.25, 0.3) is 0 Å². The van der Waals surface area contributed by atoms with Crippen LogP contribution in [0.15, 0.2) is 24.3 Å². The number of carbonyl (C=O) groups is 1. The topological polar surface area (TPSA) is 41.1 Å². The smallest absolute Gasteiger partial charge is 0.220 e. The summed E-state index contributed by atoms with van der Waals surface area (Å²) in [5.74, 6) is 0.394. The van der Waals surface area contributed by atoms with Gasteiger partial charge in [0.2, 0.25) is 5.91 Å². The summed E-state index contributed by atoms with van der Waals surface area (Å²) in [5.41, 5.74) is 0.973. The van der Waals surface area contributed by atoms with E-state index < -0.39 is 0 Å². The third kappa shape index (κ3) is 4.04. The standard InChI is InChI=1S/C16H23FN2O/c1-11(2)8-16(20)19-15-10-18-7-6-14(15)12-4-3-5-13(17)9-12/h3-5,9,11,14-15,18H,6-8,10H2,1-2H3,(H,19,20). The van der Waals surface area contributed by atoms with E-state index in [-0.39, 0.29) is 23.7 Å². The number of hydrogen-bond donors (Lipinski definition) is 2. The maximum Gasteiger partial charge on any atom is 0.220 e. The number of halogens is 1. The monoisotopic (exact) mass is 278 g/mol. The van der Waals surface area contributed by atoms with Crippen LogP contribution in [-0.2, 0) is 4.79 Å². The van der Waals surface area contributed by atoms with Gasteiger partial charge in [-0.3, -0.25) is 4.79 Å². The summed E-state index contributed by atoms with van der Waals surface area (Å²) in [6.45, 7) is 5.70. The van der Waals surface area contributed by atoms with Gasteiger partial charge in [-0.15, -0.1) is 0 Å². The highest BCUT2D eigenvalue weighted by Gasteiger charge is 2.27. The fourth-order valence-electron chi connectivity index (χ4n) is 2.78. The molecule has 1 aliphatic heterocycles. The first kappa shape index (κ1) is 15.0. The molecule has 1 aliphatic rings. The van der Waals surface area contributed by atoms with E-state index in [1.165, 1.54) is 6.07 Å². The second kappa shape index (κ2) is 6.84. The average molecular weight is 278 g/mol. The molecule has 0 saturated carbocycles. The van der Waals surface area contributed by atoms with Gasteiger partial charge in [-0.2, -0.15) is 0 Å². The van der Waals surface area contributed by atoms with Crippen molar-refractivity contribution >= 4 is 5.91 Å². The van der Waals surface area contributed by atoms with Crippen molar-refractivity contribution in [3.63, 3.8) is 0 Å². The quantitative estimate of drug-likeness (QED) is 0.888. The van der Waals surface area contributed by atoms with Crippen molar-refractivity contribution in [2.45, 2.75) is 38.6 Å². The third-order valence-electron chi connectivity index (χ3n) is 3.70. The van der Waals surface area contributed by atoms with Gasteiger partial charge in [-0.05, 0) is 36.6 Å². The molecule has 3 nitrogen and oxygen atoms in total. The van der Waals surface area contributed by atoms with Crippen molar-refractivity contribution in [1.82, 2.24) is 10.6 Å². The van der Waals surface area contributed by atoms with E-state index in [4.69, 9.17) is 0 Å². The SMILES string of the molecule is CC(C)CC(=O)NC1CNCCC1c1cccc(F)c1. The summed E-state index contributed by atoms with van der Waals surface area (Å²) in [5, 5.41) is 6.39. The number of piperidine rings is 1. The second-order valence-corrected chi connectivity index (χ2v) is 5.93. The van der Waals surface area contributed by atoms with E-state index in [0.717, 1.165) is 25.1 Å². The van der Waals surface area contributed by atoms with E-state index >= 15 is 0 Å². The van der Waals surface area contributed by atoms with Crippen molar-refractivity contribution in [2.75, 3.05) is 13.1 Å². The van der Waals surface area contributed by atoms with Crippen LogP contribution in [0.4, 0.5) is 4.39 Å². The Hall–Kier alpha value is -1.42. The van der Waals surface area contributed by atoms with E-state index in [1.54, 1.807) is 12.1 Å². The normalized spacial score (nSPS) is 22.8. The summed E-state index contributed by atoms with van der Waals surface area (Å²) in [7, 11) is 0. The molecule has 0 spiro atoms. The lowest BCUT2D eigenvalue weighted by Crippen LogP contribution is -2.50. The first-order valence-electron chi connectivity index (χ1n) is 7.32. The molecule has 0 aliphatic carbocycles. The molecule has 1 fully saturated rings. The van der Waals surface area contributed by atoms with Crippen LogP contribution in [0, 0.1) is 11.7 Å². The van der Waals surface area contributed by atoms with Crippen molar-refractivity contribution in [1.29, 1.82) is 0 Å². The fourth-order valence-corrected chi connectivity index (χ4v) is 2.78. The Balaban J connectivity index is 2.07. The largest absolute Gasteiger partial charge is 0.351 e. The molecule has 1 aromatic carbocycles. The van der Waals surface area contributed by atoms with Crippen LogP contribution in [0.5, 0.6) is 0 Å². The van der Waals surface area contributed by atoms with Crippen LogP contribution in [0.2, 0.25) is 0 Å². The van der Waals surface area contributed by atoms with Gasteiger partial charge in [0.25, 0.3) is 0 Å². The van der Waals surface area contributed by atoms with Gasteiger partial charge in [0, 0.05) is 24.9 Å². The van der Waals surface area contributed by atoms with Gasteiger partial charge < -0.3 is 10.6 Å². The molecule has 2 rings (SSSR count). The number of rotatable bonds is 4. The fraction of sp³-hybridized carbons (Fsp3) is 0.562. The molecule has 1 saturated heterocycles. The van der Waals surface area contributed by atoms with Gasteiger partial charge in [0.05, 0.1) is 0 Å². The van der Waals surface area contributed by atoms with E-state index in [0.29, 0.717) is 12.3 Å². The minimum absolute atomic E-state index is 0.0387. The van der Waals surface area contributed by atoms with Crippen LogP contribution in [-0.4, -0.2) is 25.0 Å². The van der Waals surface area contributed by atoms with Gasteiger partial charge in [0.15, 0.2) is 0 Å². The highest BCUT2D eigenvalue weighted by atomic mass is 19.1. The Morgan fingerprint density at radius 3 is 3.00 bits per heavy atom. The highest BCUT2D eigenvalue weighted by Crippen LogP contribution is 2.26. The van der Waals surface area contributed by atoms with Crippen LogP contribution >= 0.6 is 0 Å². The lowest BCUT2D eigenvalue weighted by molar-refractivity contribution is -0.122. The first-order chi connectivity index (χ1) is 9.56. The summed E-state index contributed by atoms with van der Waals surface area (Å²) in [6, 6.07) is 6.76. The van der Waals surface area contributed by atoms with Crippen LogP contribution in [0.3, 0.4) is 0 Å². The second-order valence-electron chi connectivity index (χ2n) is 5.93. The molecular weight excluding hydrogens is 255 g/mol. The van der Waals surface area contributed by atoms with E-state index in [1.807, 2.05) is 19.9 Å². The zero-order chi connectivity index (χ0) is 14.5. The first-order valence-corrected chi connectivity index (χ1v) is 7.32.